The molecule has 1 fully saturated rings. The number of anilines is 1. The van der Waals surface area contributed by atoms with E-state index in [9.17, 15) is 0 Å². The Hall–Kier alpha value is -1.79. The molecule has 0 spiro atoms. The highest BCUT2D eigenvalue weighted by Gasteiger charge is 2.14. The third-order valence-corrected chi connectivity index (χ3v) is 3.94. The average molecular weight is 305 g/mol. The standard InChI is InChI=1S/C16H23N3O3/c1-20-15-9-13-11-17-12-18-14(13)10-16(15)22-6-2-3-19-4-7-21-8-5-19/h9-10,12H,2-8,11H2,1H3,(H,17,18). The highest BCUT2D eigenvalue weighted by Crippen LogP contribution is 2.34. The molecule has 0 amide bonds. The van der Waals surface area contributed by atoms with E-state index in [-0.39, 0.29) is 0 Å². The van der Waals surface area contributed by atoms with Gasteiger partial charge in [-0.15, -0.1) is 0 Å². The molecule has 0 atom stereocenters. The van der Waals surface area contributed by atoms with Crippen molar-refractivity contribution < 1.29 is 14.2 Å². The summed E-state index contributed by atoms with van der Waals surface area (Å²) in [5.74, 6) is 1.55. The van der Waals surface area contributed by atoms with E-state index in [0.29, 0.717) is 13.2 Å². The monoisotopic (exact) mass is 305 g/mol. The number of methoxy groups -OCH3 is 1. The molecule has 1 aromatic rings. The molecular weight excluding hydrogens is 282 g/mol. The van der Waals surface area contributed by atoms with Crippen LogP contribution in [-0.2, 0) is 11.3 Å². The van der Waals surface area contributed by atoms with E-state index in [1.807, 2.05) is 12.1 Å². The Kier molecular flexibility index (Phi) is 5.13. The van der Waals surface area contributed by atoms with Crippen LogP contribution in [0, 0.1) is 0 Å². The largest absolute Gasteiger partial charge is 0.493 e. The molecule has 120 valence electrons. The molecule has 6 nitrogen and oxygen atoms in total. The van der Waals surface area contributed by atoms with E-state index < -0.39 is 0 Å². The van der Waals surface area contributed by atoms with E-state index in [2.05, 4.69) is 15.2 Å². The Morgan fingerprint density at radius 3 is 2.95 bits per heavy atom. The van der Waals surface area contributed by atoms with Gasteiger partial charge in [-0.25, -0.2) is 0 Å². The normalized spacial score (nSPS) is 17.7. The van der Waals surface area contributed by atoms with E-state index >= 15 is 0 Å². The summed E-state index contributed by atoms with van der Waals surface area (Å²) in [5, 5.41) is 3.15. The maximum Gasteiger partial charge on any atom is 0.163 e. The predicted molar refractivity (Wildman–Crippen MR) is 86.2 cm³/mol. The second kappa shape index (κ2) is 7.47. The molecule has 2 heterocycles. The van der Waals surface area contributed by atoms with Gasteiger partial charge in [0.2, 0.25) is 0 Å². The lowest BCUT2D eigenvalue weighted by atomic mass is 10.1. The lowest BCUT2D eigenvalue weighted by molar-refractivity contribution is 0.0357. The first-order valence-corrected chi connectivity index (χ1v) is 7.75. The summed E-state index contributed by atoms with van der Waals surface area (Å²) in [5.41, 5.74) is 2.17. The van der Waals surface area contributed by atoms with Gasteiger partial charge in [0.15, 0.2) is 11.5 Å². The molecule has 3 rings (SSSR count). The Morgan fingerprint density at radius 2 is 2.14 bits per heavy atom. The summed E-state index contributed by atoms with van der Waals surface area (Å²) in [4.78, 5) is 6.61. The summed E-state index contributed by atoms with van der Waals surface area (Å²) >= 11 is 0. The zero-order valence-corrected chi connectivity index (χ0v) is 13.0. The summed E-state index contributed by atoms with van der Waals surface area (Å²) in [7, 11) is 1.67. The number of nitrogens with one attached hydrogen (secondary N) is 1. The number of morpholine rings is 1. The van der Waals surface area contributed by atoms with Crippen LogP contribution in [0.2, 0.25) is 0 Å². The van der Waals surface area contributed by atoms with Gasteiger partial charge in [0.25, 0.3) is 0 Å². The molecule has 1 saturated heterocycles. The zero-order valence-electron chi connectivity index (χ0n) is 13.0. The number of rotatable bonds is 6. The van der Waals surface area contributed by atoms with Crippen molar-refractivity contribution >= 4 is 12.0 Å². The van der Waals surface area contributed by atoms with Crippen molar-refractivity contribution in [2.45, 2.75) is 13.0 Å². The fourth-order valence-corrected chi connectivity index (χ4v) is 2.69. The zero-order chi connectivity index (χ0) is 15.2. The second-order valence-electron chi connectivity index (χ2n) is 5.43. The van der Waals surface area contributed by atoms with E-state index in [1.165, 1.54) is 0 Å². The van der Waals surface area contributed by atoms with Gasteiger partial charge in [0.1, 0.15) is 0 Å². The van der Waals surface area contributed by atoms with Crippen LogP contribution in [0.25, 0.3) is 0 Å². The minimum absolute atomic E-state index is 0.677. The van der Waals surface area contributed by atoms with Crippen molar-refractivity contribution in [3.05, 3.63) is 17.7 Å². The van der Waals surface area contributed by atoms with E-state index in [1.54, 1.807) is 13.4 Å². The molecule has 6 heteroatoms. The van der Waals surface area contributed by atoms with Crippen LogP contribution >= 0.6 is 0 Å². The topological polar surface area (TPSA) is 55.3 Å². The first-order valence-electron chi connectivity index (χ1n) is 7.75. The van der Waals surface area contributed by atoms with Gasteiger partial charge in [-0.05, 0) is 12.5 Å². The quantitative estimate of drug-likeness (QED) is 0.812. The third kappa shape index (κ3) is 3.69. The van der Waals surface area contributed by atoms with Crippen LogP contribution in [0.1, 0.15) is 12.0 Å². The lowest BCUT2D eigenvalue weighted by Crippen LogP contribution is -2.37. The fourth-order valence-electron chi connectivity index (χ4n) is 2.69. The predicted octanol–water partition coefficient (Wildman–Crippen LogP) is 1.75. The maximum atomic E-state index is 5.92. The molecule has 0 radical (unpaired) electrons. The smallest absolute Gasteiger partial charge is 0.163 e. The SMILES string of the molecule is COc1cc2c(cc1OCCCN1CCOCC1)NC=NC2. The van der Waals surface area contributed by atoms with Crippen LogP contribution in [0.3, 0.4) is 0 Å². The molecule has 1 N–H and O–H groups in total. The summed E-state index contributed by atoms with van der Waals surface area (Å²) in [6.45, 7) is 6.12. The number of aliphatic imine (C=N–C) groups is 1. The Bertz CT molecular complexity index is 528. The number of hydrogen-bond donors (Lipinski definition) is 1. The van der Waals surface area contributed by atoms with Crippen LogP contribution in [0.4, 0.5) is 5.69 Å². The first-order chi connectivity index (χ1) is 10.9. The van der Waals surface area contributed by atoms with Crippen LogP contribution < -0.4 is 14.8 Å². The minimum Gasteiger partial charge on any atom is -0.493 e. The molecule has 0 unspecified atom stereocenters. The summed E-state index contributed by atoms with van der Waals surface area (Å²) in [6, 6.07) is 3.99. The van der Waals surface area contributed by atoms with Crippen molar-refractivity contribution in [2.24, 2.45) is 4.99 Å². The third-order valence-electron chi connectivity index (χ3n) is 3.94. The number of hydrogen-bond acceptors (Lipinski definition) is 6. The Balaban J connectivity index is 1.53. The Morgan fingerprint density at radius 1 is 1.27 bits per heavy atom. The van der Waals surface area contributed by atoms with Crippen molar-refractivity contribution in [3.8, 4) is 11.5 Å². The molecule has 0 aromatic heterocycles. The molecule has 2 aliphatic rings. The van der Waals surface area contributed by atoms with Gasteiger partial charge in [-0.1, -0.05) is 0 Å². The van der Waals surface area contributed by atoms with Crippen molar-refractivity contribution in [3.63, 3.8) is 0 Å². The molecule has 22 heavy (non-hydrogen) atoms. The van der Waals surface area contributed by atoms with Gasteiger partial charge in [0, 0.05) is 37.0 Å². The lowest BCUT2D eigenvalue weighted by Gasteiger charge is -2.26. The molecule has 1 aromatic carbocycles. The van der Waals surface area contributed by atoms with Crippen LogP contribution in [-0.4, -0.2) is 57.8 Å². The number of fused-ring (bicyclic) bond motifs is 1. The van der Waals surface area contributed by atoms with Crippen molar-refractivity contribution in [1.82, 2.24) is 4.90 Å². The van der Waals surface area contributed by atoms with Gasteiger partial charge >= 0.3 is 0 Å². The molecule has 0 aliphatic carbocycles. The number of nitrogens with zero attached hydrogens (tertiary/aromatic N) is 2. The Labute approximate surface area is 131 Å². The molecule has 2 aliphatic heterocycles. The van der Waals surface area contributed by atoms with Gasteiger partial charge < -0.3 is 19.5 Å². The maximum absolute atomic E-state index is 5.92. The van der Waals surface area contributed by atoms with Gasteiger partial charge in [-0.2, -0.15) is 0 Å². The molecule has 0 bridgehead atoms. The fraction of sp³-hybridized carbons (Fsp3) is 0.562. The highest BCUT2D eigenvalue weighted by atomic mass is 16.5. The van der Waals surface area contributed by atoms with Crippen molar-refractivity contribution in [1.29, 1.82) is 0 Å². The second-order valence-corrected chi connectivity index (χ2v) is 5.43. The summed E-state index contributed by atoms with van der Waals surface area (Å²) in [6.07, 6.45) is 2.71. The first kappa shape index (κ1) is 15.1. The molecule has 0 saturated carbocycles. The number of benzene rings is 1. The van der Waals surface area contributed by atoms with Crippen LogP contribution in [0.15, 0.2) is 17.1 Å². The molecular formula is C16H23N3O3. The number of ether oxygens (including phenoxy) is 3. The highest BCUT2D eigenvalue weighted by molar-refractivity contribution is 5.81. The van der Waals surface area contributed by atoms with Gasteiger partial charge in [-0.3, -0.25) is 9.89 Å². The summed E-state index contributed by atoms with van der Waals surface area (Å²) < 4.78 is 16.7. The van der Waals surface area contributed by atoms with E-state index in [4.69, 9.17) is 14.2 Å². The average Bonchev–Trinajstić information content (AvgIpc) is 2.59. The van der Waals surface area contributed by atoms with Crippen molar-refractivity contribution in [2.75, 3.05) is 51.9 Å². The van der Waals surface area contributed by atoms with Gasteiger partial charge in [0.05, 0.1) is 39.8 Å². The van der Waals surface area contributed by atoms with E-state index in [0.717, 1.165) is 62.0 Å². The minimum atomic E-state index is 0.677. The van der Waals surface area contributed by atoms with Crippen LogP contribution in [0.5, 0.6) is 11.5 Å².